The summed E-state index contributed by atoms with van der Waals surface area (Å²) >= 11 is 1.71. The zero-order valence-corrected chi connectivity index (χ0v) is 12.6. The summed E-state index contributed by atoms with van der Waals surface area (Å²) in [6, 6.07) is 7.62. The van der Waals surface area contributed by atoms with E-state index in [1.165, 1.54) is 5.56 Å². The van der Waals surface area contributed by atoms with E-state index in [9.17, 15) is 4.79 Å². The van der Waals surface area contributed by atoms with Crippen LogP contribution in [0, 0.1) is 0 Å². The van der Waals surface area contributed by atoms with E-state index in [1.807, 2.05) is 24.5 Å². The molecule has 20 heavy (non-hydrogen) atoms. The monoisotopic (exact) mass is 294 g/mol. The van der Waals surface area contributed by atoms with E-state index < -0.39 is 6.04 Å². The lowest BCUT2D eigenvalue weighted by Crippen LogP contribution is -2.42. The van der Waals surface area contributed by atoms with E-state index in [0.717, 1.165) is 24.3 Å². The molecule has 0 fully saturated rings. The molecular weight excluding hydrogens is 272 g/mol. The number of amides is 1. The van der Waals surface area contributed by atoms with Crippen LogP contribution < -0.4 is 15.8 Å². The summed E-state index contributed by atoms with van der Waals surface area (Å²) in [7, 11) is 0. The van der Waals surface area contributed by atoms with Gasteiger partial charge < -0.3 is 15.8 Å². The second-order valence-corrected chi connectivity index (χ2v) is 5.99. The van der Waals surface area contributed by atoms with Gasteiger partial charge in [-0.05, 0) is 36.5 Å². The van der Waals surface area contributed by atoms with Crippen LogP contribution in [-0.2, 0) is 4.79 Å². The molecule has 0 bridgehead atoms. The molecule has 4 nitrogen and oxygen atoms in total. The number of carbonyl (C=O) groups excluding carboxylic acids is 1. The predicted octanol–water partition coefficient (Wildman–Crippen LogP) is 1.75. The molecule has 0 saturated carbocycles. The lowest BCUT2D eigenvalue weighted by Gasteiger charge is -2.26. The fraction of sp³-hybridized carbons (Fsp3) is 0.533. The molecular formula is C15H22N2O2S. The Morgan fingerprint density at radius 2 is 2.35 bits per heavy atom. The highest BCUT2D eigenvalue weighted by Crippen LogP contribution is 2.32. The highest BCUT2D eigenvalue weighted by molar-refractivity contribution is 7.98. The Hall–Kier alpha value is -1.20. The summed E-state index contributed by atoms with van der Waals surface area (Å²) in [5, 5.41) is 2.97. The Labute approximate surface area is 124 Å². The summed E-state index contributed by atoms with van der Waals surface area (Å²) in [6.07, 6.45) is 3.66. The minimum absolute atomic E-state index is 0.0528. The van der Waals surface area contributed by atoms with Crippen LogP contribution in [0.5, 0.6) is 5.75 Å². The van der Waals surface area contributed by atoms with Gasteiger partial charge in [-0.15, -0.1) is 0 Å². The fourth-order valence-electron chi connectivity index (χ4n) is 2.36. The van der Waals surface area contributed by atoms with Crippen LogP contribution >= 0.6 is 11.8 Å². The van der Waals surface area contributed by atoms with Gasteiger partial charge in [0, 0.05) is 12.5 Å². The van der Waals surface area contributed by atoms with Crippen molar-refractivity contribution in [2.45, 2.75) is 24.8 Å². The lowest BCUT2D eigenvalue weighted by molar-refractivity contribution is -0.122. The molecule has 1 unspecified atom stereocenters. The maximum absolute atomic E-state index is 11.9. The minimum Gasteiger partial charge on any atom is -0.493 e. The number of carbonyl (C=O) groups is 1. The molecule has 1 aromatic rings. The second kappa shape index (κ2) is 7.55. The van der Waals surface area contributed by atoms with Gasteiger partial charge in [0.1, 0.15) is 5.75 Å². The average molecular weight is 294 g/mol. The number of hydrogen-bond donors (Lipinski definition) is 2. The number of ether oxygens (including phenoxy) is 1. The molecule has 1 aromatic carbocycles. The smallest absolute Gasteiger partial charge is 0.236 e. The van der Waals surface area contributed by atoms with Crippen LogP contribution in [0.1, 0.15) is 24.3 Å². The van der Waals surface area contributed by atoms with Crippen molar-refractivity contribution in [3.8, 4) is 5.75 Å². The van der Waals surface area contributed by atoms with Crippen LogP contribution in [0.15, 0.2) is 24.3 Å². The van der Waals surface area contributed by atoms with E-state index in [-0.39, 0.29) is 5.91 Å². The Kier molecular flexibility index (Phi) is 5.73. The maximum Gasteiger partial charge on any atom is 0.236 e. The number of benzene rings is 1. The molecule has 2 rings (SSSR count). The number of para-hydroxylation sites is 1. The van der Waals surface area contributed by atoms with Gasteiger partial charge in [0.05, 0.1) is 12.6 Å². The Bertz CT molecular complexity index is 453. The average Bonchev–Trinajstić information content (AvgIpc) is 2.50. The molecule has 1 aliphatic heterocycles. The highest BCUT2D eigenvalue weighted by Gasteiger charge is 2.22. The van der Waals surface area contributed by atoms with Crippen molar-refractivity contribution in [3.63, 3.8) is 0 Å². The Balaban J connectivity index is 1.87. The second-order valence-electron chi connectivity index (χ2n) is 5.01. The van der Waals surface area contributed by atoms with E-state index >= 15 is 0 Å². The maximum atomic E-state index is 11.9. The minimum atomic E-state index is -0.405. The molecule has 1 aliphatic rings. The van der Waals surface area contributed by atoms with Crippen LogP contribution in [0.3, 0.4) is 0 Å². The number of rotatable bonds is 6. The van der Waals surface area contributed by atoms with Crippen molar-refractivity contribution in [2.75, 3.05) is 25.2 Å². The van der Waals surface area contributed by atoms with Crippen LogP contribution in [0.2, 0.25) is 0 Å². The molecule has 1 amide bonds. The highest BCUT2D eigenvalue weighted by atomic mass is 32.2. The predicted molar refractivity (Wildman–Crippen MR) is 83.3 cm³/mol. The first-order valence-corrected chi connectivity index (χ1v) is 8.35. The standard InChI is InChI=1S/C15H22N2O2S/c1-20-9-7-13(16)15(18)17-10-11-6-8-19-14-5-3-2-4-12(11)14/h2-5,11,13H,6-10,16H2,1H3,(H,17,18)/t11?,13-/m0/s1. The van der Waals surface area contributed by atoms with Crippen molar-refractivity contribution in [2.24, 2.45) is 5.73 Å². The Morgan fingerprint density at radius 3 is 3.15 bits per heavy atom. The van der Waals surface area contributed by atoms with Gasteiger partial charge in [-0.2, -0.15) is 11.8 Å². The zero-order chi connectivity index (χ0) is 14.4. The molecule has 2 atom stereocenters. The van der Waals surface area contributed by atoms with Crippen molar-refractivity contribution < 1.29 is 9.53 Å². The van der Waals surface area contributed by atoms with E-state index in [4.69, 9.17) is 10.5 Å². The van der Waals surface area contributed by atoms with Crippen molar-refractivity contribution in [1.29, 1.82) is 0 Å². The fourth-order valence-corrected chi connectivity index (χ4v) is 2.85. The van der Waals surface area contributed by atoms with Gasteiger partial charge in [0.25, 0.3) is 0 Å². The first-order valence-electron chi connectivity index (χ1n) is 6.96. The molecule has 0 aliphatic carbocycles. The van der Waals surface area contributed by atoms with Gasteiger partial charge in [-0.1, -0.05) is 18.2 Å². The van der Waals surface area contributed by atoms with Crippen LogP contribution in [0.25, 0.3) is 0 Å². The van der Waals surface area contributed by atoms with Crippen molar-refractivity contribution in [3.05, 3.63) is 29.8 Å². The number of nitrogens with one attached hydrogen (secondary N) is 1. The zero-order valence-electron chi connectivity index (χ0n) is 11.8. The summed E-state index contributed by atoms with van der Waals surface area (Å²) in [5.74, 6) is 2.11. The Morgan fingerprint density at radius 1 is 1.55 bits per heavy atom. The third kappa shape index (κ3) is 3.90. The normalized spacial score (nSPS) is 18.8. The van der Waals surface area contributed by atoms with Crippen molar-refractivity contribution >= 4 is 17.7 Å². The number of nitrogens with two attached hydrogens (primary N) is 1. The molecule has 0 saturated heterocycles. The van der Waals surface area contributed by atoms with Gasteiger partial charge in [-0.25, -0.2) is 0 Å². The first-order chi connectivity index (χ1) is 9.72. The van der Waals surface area contributed by atoms with Crippen molar-refractivity contribution in [1.82, 2.24) is 5.32 Å². The largest absolute Gasteiger partial charge is 0.493 e. The van der Waals surface area contributed by atoms with Gasteiger partial charge in [0.2, 0.25) is 5.91 Å². The summed E-state index contributed by atoms with van der Waals surface area (Å²) < 4.78 is 5.62. The topological polar surface area (TPSA) is 64.4 Å². The molecule has 5 heteroatoms. The third-order valence-corrected chi connectivity index (χ3v) is 4.22. The van der Waals surface area contributed by atoms with Crippen LogP contribution in [-0.4, -0.2) is 37.1 Å². The number of hydrogen-bond acceptors (Lipinski definition) is 4. The molecule has 0 radical (unpaired) electrons. The lowest BCUT2D eigenvalue weighted by atomic mass is 9.93. The van der Waals surface area contributed by atoms with Gasteiger partial charge >= 0.3 is 0 Å². The SMILES string of the molecule is CSCC[C@H](N)C(=O)NCC1CCOc2ccccc21. The molecule has 3 N–H and O–H groups in total. The van der Waals surface area contributed by atoms with E-state index in [0.29, 0.717) is 19.1 Å². The quantitative estimate of drug-likeness (QED) is 0.839. The van der Waals surface area contributed by atoms with E-state index in [1.54, 1.807) is 11.8 Å². The molecule has 110 valence electrons. The molecule has 1 heterocycles. The summed E-state index contributed by atoms with van der Waals surface area (Å²) in [5.41, 5.74) is 7.04. The molecule has 0 spiro atoms. The third-order valence-electron chi connectivity index (χ3n) is 3.58. The number of thioether (sulfide) groups is 1. The van der Waals surface area contributed by atoms with Gasteiger partial charge in [-0.3, -0.25) is 4.79 Å². The summed E-state index contributed by atoms with van der Waals surface area (Å²) in [4.78, 5) is 11.9. The summed E-state index contributed by atoms with van der Waals surface area (Å²) in [6.45, 7) is 1.34. The van der Waals surface area contributed by atoms with Crippen LogP contribution in [0.4, 0.5) is 0 Å². The first kappa shape index (κ1) is 15.2. The molecule has 0 aromatic heterocycles. The van der Waals surface area contributed by atoms with E-state index in [2.05, 4.69) is 11.4 Å². The van der Waals surface area contributed by atoms with Gasteiger partial charge in [0.15, 0.2) is 0 Å². The number of fused-ring (bicyclic) bond motifs is 1.